The number of benzene rings is 1. The molecule has 4 aromatic rings. The number of hydrogen-bond donors (Lipinski definition) is 2. The van der Waals surface area contributed by atoms with E-state index in [2.05, 4.69) is 37.5 Å². The van der Waals surface area contributed by atoms with Crippen molar-refractivity contribution < 1.29 is 9.53 Å². The van der Waals surface area contributed by atoms with Crippen molar-refractivity contribution in [2.24, 2.45) is 5.92 Å². The van der Waals surface area contributed by atoms with Crippen LogP contribution in [0.1, 0.15) is 41.9 Å². The average Bonchev–Trinajstić information content (AvgIpc) is 3.47. The predicted octanol–water partition coefficient (Wildman–Crippen LogP) is 5.20. The van der Waals surface area contributed by atoms with Gasteiger partial charge in [-0.1, -0.05) is 23.2 Å². The highest BCUT2D eigenvalue weighted by Gasteiger charge is 2.20. The highest BCUT2D eigenvalue weighted by Crippen LogP contribution is 2.33. The lowest BCUT2D eigenvalue weighted by Gasteiger charge is -2.28. The summed E-state index contributed by atoms with van der Waals surface area (Å²) in [6, 6.07) is 5.39. The van der Waals surface area contributed by atoms with E-state index in [1.165, 1.54) is 12.4 Å². The van der Waals surface area contributed by atoms with Crippen LogP contribution in [0.5, 0.6) is 5.75 Å². The van der Waals surface area contributed by atoms with Crippen molar-refractivity contribution in [2.75, 3.05) is 25.5 Å². The number of rotatable bonds is 7. The number of amides is 1. The van der Waals surface area contributed by atoms with Crippen molar-refractivity contribution in [1.82, 2.24) is 29.9 Å². The van der Waals surface area contributed by atoms with E-state index in [1.807, 2.05) is 23.9 Å². The Morgan fingerprint density at radius 3 is 2.72 bits per heavy atom. The van der Waals surface area contributed by atoms with Gasteiger partial charge < -0.3 is 15.0 Å². The maximum Gasteiger partial charge on any atom is 0.276 e. The first kappa shape index (κ1) is 24.5. The standard InChI is InChI=1S/C25H27Cl2N7O2/c1-15(23-20(26)11-28-12-21(23)27)36-18-3-4-22-19(9-18)24(32-31-22)25(35)30-17-10-29-34(14-17)13-16-5-7-33(2)8-6-16/h3-4,9-12,14-16H,5-8,13H2,1-2H3,(H,30,35)(H,31,32). The molecule has 0 bridgehead atoms. The Labute approximate surface area is 218 Å². The van der Waals surface area contributed by atoms with E-state index in [0.29, 0.717) is 38.3 Å². The van der Waals surface area contributed by atoms with Crippen molar-refractivity contribution in [3.63, 3.8) is 0 Å². The molecule has 1 aliphatic rings. The molecule has 1 saturated heterocycles. The topological polar surface area (TPSA) is 101 Å². The van der Waals surface area contributed by atoms with E-state index in [4.69, 9.17) is 27.9 Å². The molecule has 1 amide bonds. The van der Waals surface area contributed by atoms with Gasteiger partial charge in [0.15, 0.2) is 5.69 Å². The van der Waals surface area contributed by atoms with Gasteiger partial charge in [-0.2, -0.15) is 10.2 Å². The molecule has 36 heavy (non-hydrogen) atoms. The Morgan fingerprint density at radius 1 is 1.22 bits per heavy atom. The zero-order valence-electron chi connectivity index (χ0n) is 20.0. The lowest BCUT2D eigenvalue weighted by Crippen LogP contribution is -2.31. The summed E-state index contributed by atoms with van der Waals surface area (Å²) >= 11 is 12.5. The van der Waals surface area contributed by atoms with Crippen LogP contribution in [0.4, 0.5) is 5.69 Å². The van der Waals surface area contributed by atoms with Crippen molar-refractivity contribution in [1.29, 1.82) is 0 Å². The lowest BCUT2D eigenvalue weighted by atomic mass is 9.97. The molecule has 1 aliphatic heterocycles. The van der Waals surface area contributed by atoms with Crippen LogP contribution < -0.4 is 10.1 Å². The molecule has 11 heteroatoms. The Balaban J connectivity index is 1.28. The van der Waals surface area contributed by atoms with Crippen LogP contribution in [0.3, 0.4) is 0 Å². The normalized spacial score (nSPS) is 15.8. The fraction of sp³-hybridized carbons (Fsp3) is 0.360. The zero-order chi connectivity index (χ0) is 25.2. The van der Waals surface area contributed by atoms with Gasteiger partial charge >= 0.3 is 0 Å². The van der Waals surface area contributed by atoms with E-state index in [1.54, 1.807) is 18.3 Å². The second-order valence-electron chi connectivity index (χ2n) is 9.21. The molecule has 0 radical (unpaired) electrons. The molecule has 9 nitrogen and oxygen atoms in total. The summed E-state index contributed by atoms with van der Waals surface area (Å²) in [5, 5.41) is 16.0. The van der Waals surface area contributed by atoms with Crippen LogP contribution in [0.15, 0.2) is 43.0 Å². The Hall–Kier alpha value is -3.14. The second kappa shape index (κ2) is 10.5. The van der Waals surface area contributed by atoms with Crippen LogP contribution in [0, 0.1) is 5.92 Å². The van der Waals surface area contributed by atoms with Gasteiger partial charge in [0.25, 0.3) is 5.91 Å². The van der Waals surface area contributed by atoms with Crippen LogP contribution in [0.25, 0.3) is 10.9 Å². The van der Waals surface area contributed by atoms with Crippen molar-refractivity contribution in [3.8, 4) is 5.75 Å². The van der Waals surface area contributed by atoms with Gasteiger partial charge in [0, 0.05) is 36.1 Å². The lowest BCUT2D eigenvalue weighted by molar-refractivity contribution is 0.102. The SMILES string of the molecule is CC(Oc1ccc2[nH]nc(C(=O)Nc3cnn(CC4CCN(C)CC4)c3)c2c1)c1c(Cl)cncc1Cl. The highest BCUT2D eigenvalue weighted by molar-refractivity contribution is 6.35. The van der Waals surface area contributed by atoms with Gasteiger partial charge in [-0.25, -0.2) is 0 Å². The quantitative estimate of drug-likeness (QED) is 0.342. The maximum atomic E-state index is 13.1. The summed E-state index contributed by atoms with van der Waals surface area (Å²) in [6.07, 6.45) is 8.47. The number of halogens is 2. The van der Waals surface area contributed by atoms with Gasteiger partial charge in [-0.15, -0.1) is 0 Å². The van der Waals surface area contributed by atoms with Gasteiger partial charge in [0.2, 0.25) is 0 Å². The number of ether oxygens (including phenoxy) is 1. The summed E-state index contributed by atoms with van der Waals surface area (Å²) in [5.41, 5.74) is 2.27. The predicted molar refractivity (Wildman–Crippen MR) is 140 cm³/mol. The molecule has 3 aromatic heterocycles. The average molecular weight is 528 g/mol. The zero-order valence-corrected chi connectivity index (χ0v) is 21.6. The molecule has 1 unspecified atom stereocenters. The molecular formula is C25H27Cl2N7O2. The first-order valence-corrected chi connectivity index (χ1v) is 12.6. The number of hydrogen-bond acceptors (Lipinski definition) is 6. The fourth-order valence-corrected chi connectivity index (χ4v) is 5.21. The number of piperidine rings is 1. The number of carbonyl (C=O) groups excluding carboxylic acids is 1. The van der Waals surface area contributed by atoms with E-state index < -0.39 is 6.10 Å². The number of nitrogens with zero attached hydrogens (tertiary/aromatic N) is 5. The van der Waals surface area contributed by atoms with Gasteiger partial charge in [0.1, 0.15) is 11.9 Å². The number of likely N-dealkylation sites (tertiary alicyclic amines) is 1. The summed E-state index contributed by atoms with van der Waals surface area (Å²) in [6.45, 7) is 4.91. The Bertz CT molecular complexity index is 1360. The number of anilines is 1. The van der Waals surface area contributed by atoms with Crippen molar-refractivity contribution >= 4 is 45.7 Å². The number of aromatic amines is 1. The van der Waals surface area contributed by atoms with Crippen LogP contribution in [0.2, 0.25) is 10.0 Å². The van der Waals surface area contributed by atoms with Crippen LogP contribution >= 0.6 is 23.2 Å². The number of fused-ring (bicyclic) bond motifs is 1. The molecule has 0 saturated carbocycles. The molecule has 1 atom stereocenters. The summed E-state index contributed by atoms with van der Waals surface area (Å²) in [7, 11) is 2.15. The third kappa shape index (κ3) is 5.33. The molecule has 5 rings (SSSR count). The monoisotopic (exact) mass is 527 g/mol. The molecule has 2 N–H and O–H groups in total. The number of nitrogens with one attached hydrogen (secondary N) is 2. The van der Waals surface area contributed by atoms with Crippen LogP contribution in [-0.4, -0.2) is 55.9 Å². The second-order valence-corrected chi connectivity index (χ2v) is 10.0. The number of aromatic nitrogens is 5. The van der Waals surface area contributed by atoms with E-state index in [-0.39, 0.29) is 11.6 Å². The molecule has 4 heterocycles. The summed E-state index contributed by atoms with van der Waals surface area (Å²) < 4.78 is 7.99. The van der Waals surface area contributed by atoms with E-state index in [9.17, 15) is 4.79 Å². The summed E-state index contributed by atoms with van der Waals surface area (Å²) in [4.78, 5) is 19.4. The Morgan fingerprint density at radius 2 is 1.97 bits per heavy atom. The molecule has 0 spiro atoms. The first-order valence-electron chi connectivity index (χ1n) is 11.8. The third-order valence-electron chi connectivity index (χ3n) is 6.53. The number of H-pyrrole nitrogens is 1. The minimum absolute atomic E-state index is 0.270. The number of pyridine rings is 1. The van der Waals surface area contributed by atoms with Gasteiger partial charge in [-0.3, -0.25) is 19.6 Å². The molecule has 1 aromatic carbocycles. The molecule has 188 valence electrons. The molecular weight excluding hydrogens is 501 g/mol. The largest absolute Gasteiger partial charge is 0.486 e. The van der Waals surface area contributed by atoms with Crippen LogP contribution in [-0.2, 0) is 6.54 Å². The van der Waals surface area contributed by atoms with Crippen molar-refractivity contribution in [3.05, 3.63) is 64.3 Å². The minimum atomic E-state index is -0.426. The minimum Gasteiger partial charge on any atom is -0.486 e. The fourth-order valence-electron chi connectivity index (χ4n) is 4.54. The first-order chi connectivity index (χ1) is 17.4. The highest BCUT2D eigenvalue weighted by atomic mass is 35.5. The smallest absolute Gasteiger partial charge is 0.276 e. The van der Waals surface area contributed by atoms with E-state index in [0.717, 1.165) is 38.0 Å². The maximum absolute atomic E-state index is 13.1. The molecule has 1 fully saturated rings. The molecule has 0 aliphatic carbocycles. The Kier molecular flexibility index (Phi) is 7.13. The van der Waals surface area contributed by atoms with Crippen molar-refractivity contribution in [2.45, 2.75) is 32.4 Å². The third-order valence-corrected chi connectivity index (χ3v) is 7.14. The summed E-state index contributed by atoms with van der Waals surface area (Å²) in [5.74, 6) is 0.823. The van der Waals surface area contributed by atoms with E-state index >= 15 is 0 Å². The van der Waals surface area contributed by atoms with Gasteiger partial charge in [0.05, 0.1) is 27.4 Å². The number of carbonyl (C=O) groups is 1. The van der Waals surface area contributed by atoms with Gasteiger partial charge in [-0.05, 0) is 64.0 Å².